The van der Waals surface area contributed by atoms with Gasteiger partial charge in [0.05, 0.1) is 6.17 Å². The fourth-order valence-corrected chi connectivity index (χ4v) is 1.46. The molecule has 0 aromatic carbocycles. The zero-order valence-electron chi connectivity index (χ0n) is 6.42. The van der Waals surface area contributed by atoms with E-state index in [9.17, 15) is 0 Å². The third-order valence-corrected chi connectivity index (χ3v) is 2.08. The molecule has 10 heavy (non-hydrogen) atoms. The normalized spacial score (nSPS) is 28.8. The third-order valence-electron chi connectivity index (χ3n) is 2.08. The van der Waals surface area contributed by atoms with Crippen molar-refractivity contribution in [2.75, 3.05) is 19.6 Å². The van der Waals surface area contributed by atoms with Crippen LogP contribution in [-0.2, 0) is 0 Å². The third kappa shape index (κ3) is 1.94. The first kappa shape index (κ1) is 7.98. The van der Waals surface area contributed by atoms with Gasteiger partial charge in [-0.3, -0.25) is 4.90 Å². The van der Waals surface area contributed by atoms with Crippen molar-refractivity contribution in [2.45, 2.75) is 25.4 Å². The SMILES string of the molecule is NCCN1CCCCC1N. The largest absolute Gasteiger partial charge is 0.329 e. The van der Waals surface area contributed by atoms with Gasteiger partial charge in [0.15, 0.2) is 0 Å². The second kappa shape index (κ2) is 3.91. The molecule has 0 spiro atoms. The van der Waals surface area contributed by atoms with Crippen molar-refractivity contribution in [1.29, 1.82) is 0 Å². The first-order chi connectivity index (χ1) is 4.84. The topological polar surface area (TPSA) is 55.3 Å². The lowest BCUT2D eigenvalue weighted by molar-refractivity contribution is 0.157. The van der Waals surface area contributed by atoms with Crippen LogP contribution in [0.1, 0.15) is 19.3 Å². The summed E-state index contributed by atoms with van der Waals surface area (Å²) in [5.41, 5.74) is 11.3. The van der Waals surface area contributed by atoms with Gasteiger partial charge in [0, 0.05) is 13.1 Å². The van der Waals surface area contributed by atoms with E-state index in [1.165, 1.54) is 12.8 Å². The van der Waals surface area contributed by atoms with Gasteiger partial charge in [0.25, 0.3) is 0 Å². The summed E-state index contributed by atoms with van der Waals surface area (Å²) in [4.78, 5) is 2.27. The summed E-state index contributed by atoms with van der Waals surface area (Å²) in [6.07, 6.45) is 3.98. The highest BCUT2D eigenvalue weighted by Gasteiger charge is 2.16. The van der Waals surface area contributed by atoms with E-state index in [0.29, 0.717) is 0 Å². The Morgan fingerprint density at radius 2 is 2.20 bits per heavy atom. The zero-order valence-corrected chi connectivity index (χ0v) is 6.42. The van der Waals surface area contributed by atoms with Crippen molar-refractivity contribution in [3.05, 3.63) is 0 Å². The summed E-state index contributed by atoms with van der Waals surface area (Å²) in [6.45, 7) is 2.83. The molecule has 1 saturated heterocycles. The standard InChI is InChI=1S/C7H17N3/c8-4-6-10-5-2-1-3-7(10)9/h7H,1-6,8-9H2. The van der Waals surface area contributed by atoms with Gasteiger partial charge in [-0.2, -0.15) is 0 Å². The maximum atomic E-state index is 5.84. The Kier molecular flexibility index (Phi) is 3.12. The quantitative estimate of drug-likeness (QED) is 0.559. The molecule has 0 amide bonds. The molecule has 1 atom stereocenters. The van der Waals surface area contributed by atoms with Gasteiger partial charge in [-0.1, -0.05) is 0 Å². The fourth-order valence-electron chi connectivity index (χ4n) is 1.46. The molecule has 1 rings (SSSR count). The predicted octanol–water partition coefficient (Wildman–Crippen LogP) is -0.284. The van der Waals surface area contributed by atoms with Gasteiger partial charge in [0.1, 0.15) is 0 Å². The lowest BCUT2D eigenvalue weighted by Gasteiger charge is -2.32. The first-order valence-electron chi connectivity index (χ1n) is 4.04. The van der Waals surface area contributed by atoms with Gasteiger partial charge >= 0.3 is 0 Å². The molecular weight excluding hydrogens is 126 g/mol. The summed E-state index contributed by atoms with van der Waals surface area (Å²) < 4.78 is 0. The van der Waals surface area contributed by atoms with Crippen LogP contribution in [0.3, 0.4) is 0 Å². The summed E-state index contributed by atoms with van der Waals surface area (Å²) in [5, 5.41) is 0. The van der Waals surface area contributed by atoms with Crippen molar-refractivity contribution in [2.24, 2.45) is 11.5 Å². The van der Waals surface area contributed by atoms with Crippen LogP contribution in [-0.4, -0.2) is 30.7 Å². The molecule has 0 bridgehead atoms. The minimum absolute atomic E-state index is 0.275. The van der Waals surface area contributed by atoms with Crippen LogP contribution in [0.15, 0.2) is 0 Å². The van der Waals surface area contributed by atoms with Gasteiger partial charge in [-0.15, -0.1) is 0 Å². The molecule has 0 saturated carbocycles. The van der Waals surface area contributed by atoms with Crippen LogP contribution in [0, 0.1) is 0 Å². The molecule has 0 aromatic heterocycles. The Balaban J connectivity index is 2.25. The average molecular weight is 143 g/mol. The van der Waals surface area contributed by atoms with Crippen molar-refractivity contribution >= 4 is 0 Å². The number of nitrogens with two attached hydrogens (primary N) is 2. The van der Waals surface area contributed by atoms with Crippen LogP contribution >= 0.6 is 0 Å². The molecule has 1 aliphatic rings. The number of hydrogen-bond donors (Lipinski definition) is 2. The average Bonchev–Trinajstić information content (AvgIpc) is 1.94. The molecule has 1 aliphatic heterocycles. The highest BCUT2D eigenvalue weighted by Crippen LogP contribution is 2.11. The predicted molar refractivity (Wildman–Crippen MR) is 42.5 cm³/mol. The van der Waals surface area contributed by atoms with E-state index >= 15 is 0 Å². The second-order valence-electron chi connectivity index (χ2n) is 2.89. The number of likely N-dealkylation sites (tertiary alicyclic amines) is 1. The molecule has 1 heterocycles. The Hall–Kier alpha value is -0.120. The van der Waals surface area contributed by atoms with Crippen LogP contribution in [0.4, 0.5) is 0 Å². The van der Waals surface area contributed by atoms with E-state index in [2.05, 4.69) is 4.90 Å². The van der Waals surface area contributed by atoms with Crippen LogP contribution in [0.25, 0.3) is 0 Å². The smallest absolute Gasteiger partial charge is 0.0572 e. The molecular formula is C7H17N3. The van der Waals surface area contributed by atoms with Gasteiger partial charge < -0.3 is 11.5 Å². The van der Waals surface area contributed by atoms with E-state index in [1.807, 2.05) is 0 Å². The second-order valence-corrected chi connectivity index (χ2v) is 2.89. The molecule has 60 valence electrons. The Bertz CT molecular complexity index is 92.9. The number of piperidine rings is 1. The number of hydrogen-bond acceptors (Lipinski definition) is 3. The Morgan fingerprint density at radius 3 is 2.80 bits per heavy atom. The van der Waals surface area contributed by atoms with E-state index in [1.54, 1.807) is 0 Å². The van der Waals surface area contributed by atoms with Crippen molar-refractivity contribution in [3.8, 4) is 0 Å². The molecule has 0 aromatic rings. The highest BCUT2D eigenvalue weighted by atomic mass is 15.2. The molecule has 0 radical (unpaired) electrons. The fraction of sp³-hybridized carbons (Fsp3) is 1.00. The molecule has 1 unspecified atom stereocenters. The van der Waals surface area contributed by atoms with E-state index in [4.69, 9.17) is 11.5 Å². The molecule has 0 aliphatic carbocycles. The summed E-state index contributed by atoms with van der Waals surface area (Å²) >= 11 is 0. The highest BCUT2D eigenvalue weighted by molar-refractivity contribution is 4.71. The summed E-state index contributed by atoms with van der Waals surface area (Å²) in [6, 6.07) is 0. The summed E-state index contributed by atoms with van der Waals surface area (Å²) in [5.74, 6) is 0. The monoisotopic (exact) mass is 143 g/mol. The van der Waals surface area contributed by atoms with Gasteiger partial charge in [-0.25, -0.2) is 0 Å². The lowest BCUT2D eigenvalue weighted by Crippen LogP contribution is -2.47. The zero-order chi connectivity index (χ0) is 7.40. The van der Waals surface area contributed by atoms with Crippen LogP contribution in [0.2, 0.25) is 0 Å². The van der Waals surface area contributed by atoms with Crippen LogP contribution < -0.4 is 11.5 Å². The maximum Gasteiger partial charge on any atom is 0.0572 e. The maximum absolute atomic E-state index is 5.84. The minimum Gasteiger partial charge on any atom is -0.329 e. The van der Waals surface area contributed by atoms with E-state index in [-0.39, 0.29) is 6.17 Å². The lowest BCUT2D eigenvalue weighted by atomic mass is 10.1. The van der Waals surface area contributed by atoms with Gasteiger partial charge in [-0.05, 0) is 25.8 Å². The van der Waals surface area contributed by atoms with Crippen LogP contribution in [0.5, 0.6) is 0 Å². The van der Waals surface area contributed by atoms with Crippen molar-refractivity contribution in [3.63, 3.8) is 0 Å². The number of nitrogens with zero attached hydrogens (tertiary/aromatic N) is 1. The molecule has 4 N–H and O–H groups in total. The Labute approximate surface area is 62.4 Å². The summed E-state index contributed by atoms with van der Waals surface area (Å²) in [7, 11) is 0. The van der Waals surface area contributed by atoms with Crippen molar-refractivity contribution < 1.29 is 0 Å². The van der Waals surface area contributed by atoms with E-state index < -0.39 is 0 Å². The van der Waals surface area contributed by atoms with E-state index in [0.717, 1.165) is 26.1 Å². The molecule has 3 nitrogen and oxygen atoms in total. The Morgan fingerprint density at radius 1 is 1.40 bits per heavy atom. The van der Waals surface area contributed by atoms with Crippen molar-refractivity contribution in [1.82, 2.24) is 4.90 Å². The minimum atomic E-state index is 0.275. The number of rotatable bonds is 2. The van der Waals surface area contributed by atoms with Gasteiger partial charge in [0.2, 0.25) is 0 Å². The molecule has 3 heteroatoms. The first-order valence-corrected chi connectivity index (χ1v) is 4.04. The molecule has 1 fully saturated rings.